The summed E-state index contributed by atoms with van der Waals surface area (Å²) in [6.07, 6.45) is 0. The van der Waals surface area contributed by atoms with E-state index in [1.807, 2.05) is 0 Å². The van der Waals surface area contributed by atoms with Crippen LogP contribution in [0.4, 0.5) is 0 Å². The lowest BCUT2D eigenvalue weighted by atomic mass is 9.98. The summed E-state index contributed by atoms with van der Waals surface area (Å²) in [6.45, 7) is 7.84. The Kier molecular flexibility index (Phi) is 3.98. The molecule has 0 radical (unpaired) electrons. The second kappa shape index (κ2) is 5.76. The second-order valence-electron chi connectivity index (χ2n) is 6.52. The molecule has 1 heterocycles. The maximum atomic E-state index is 6.50. The van der Waals surface area contributed by atoms with Gasteiger partial charge in [0.2, 0.25) is 0 Å². The lowest BCUT2D eigenvalue weighted by molar-refractivity contribution is -0.0869. The number of nitrogens with two attached hydrogens (primary N) is 1. The predicted octanol–water partition coefficient (Wildman–Crippen LogP) is 2.95. The van der Waals surface area contributed by atoms with Gasteiger partial charge in [-0.05, 0) is 30.2 Å². The molecule has 2 aromatic rings. The summed E-state index contributed by atoms with van der Waals surface area (Å²) in [7, 11) is 0. The summed E-state index contributed by atoms with van der Waals surface area (Å²) >= 11 is 0. The molecule has 21 heavy (non-hydrogen) atoms. The molecule has 0 bridgehead atoms. The second-order valence-corrected chi connectivity index (χ2v) is 6.52. The molecule has 1 aliphatic heterocycles. The van der Waals surface area contributed by atoms with Crippen molar-refractivity contribution in [3.8, 4) is 0 Å². The van der Waals surface area contributed by atoms with E-state index in [0.29, 0.717) is 0 Å². The first-order chi connectivity index (χ1) is 10.1. The topological polar surface area (TPSA) is 38.5 Å². The van der Waals surface area contributed by atoms with E-state index < -0.39 is 0 Å². The number of hydrogen-bond acceptors (Lipinski definition) is 3. The lowest BCUT2D eigenvalue weighted by Crippen LogP contribution is -2.50. The molecule has 1 saturated heterocycles. The van der Waals surface area contributed by atoms with Crippen LogP contribution in [-0.2, 0) is 4.74 Å². The standard InChI is InChI=1S/C18H24N2O/c1-18(2)13-20(10-11-21-18)12-17(19)16-9-5-7-14-6-3-4-8-15(14)16/h3-9,17H,10-13,19H2,1-2H3. The fraction of sp³-hybridized carbons (Fsp3) is 0.444. The Morgan fingerprint density at radius 3 is 2.76 bits per heavy atom. The molecule has 0 amide bonds. The van der Waals surface area contributed by atoms with Gasteiger partial charge in [0.25, 0.3) is 0 Å². The van der Waals surface area contributed by atoms with Gasteiger partial charge in [-0.15, -0.1) is 0 Å². The normalized spacial score (nSPS) is 20.5. The van der Waals surface area contributed by atoms with Crippen molar-refractivity contribution < 1.29 is 4.74 Å². The highest BCUT2D eigenvalue weighted by Crippen LogP contribution is 2.25. The number of ether oxygens (including phenoxy) is 1. The third kappa shape index (κ3) is 3.26. The van der Waals surface area contributed by atoms with E-state index in [1.165, 1.54) is 16.3 Å². The number of hydrogen-bond donors (Lipinski definition) is 1. The lowest BCUT2D eigenvalue weighted by Gasteiger charge is -2.39. The quantitative estimate of drug-likeness (QED) is 0.942. The van der Waals surface area contributed by atoms with Gasteiger partial charge in [-0.2, -0.15) is 0 Å². The SMILES string of the molecule is CC1(C)CN(CC(N)c2cccc3ccccc23)CCO1. The molecule has 0 aliphatic carbocycles. The monoisotopic (exact) mass is 284 g/mol. The summed E-state index contributed by atoms with van der Waals surface area (Å²) in [4.78, 5) is 2.41. The smallest absolute Gasteiger partial charge is 0.0753 e. The van der Waals surface area contributed by atoms with Crippen molar-refractivity contribution in [2.24, 2.45) is 5.73 Å². The molecule has 2 N–H and O–H groups in total. The zero-order valence-corrected chi connectivity index (χ0v) is 12.9. The van der Waals surface area contributed by atoms with Crippen LogP contribution in [0.5, 0.6) is 0 Å². The Hall–Kier alpha value is -1.42. The highest BCUT2D eigenvalue weighted by Gasteiger charge is 2.28. The third-order valence-electron chi connectivity index (χ3n) is 4.18. The van der Waals surface area contributed by atoms with Crippen molar-refractivity contribution in [2.75, 3.05) is 26.2 Å². The number of nitrogens with zero attached hydrogens (tertiary/aromatic N) is 1. The highest BCUT2D eigenvalue weighted by molar-refractivity contribution is 5.86. The predicted molar refractivity (Wildman–Crippen MR) is 87.3 cm³/mol. The fourth-order valence-electron chi connectivity index (χ4n) is 3.22. The summed E-state index contributed by atoms with van der Waals surface area (Å²) in [5.74, 6) is 0. The number of fused-ring (bicyclic) bond motifs is 1. The van der Waals surface area contributed by atoms with Crippen LogP contribution in [0.15, 0.2) is 42.5 Å². The first-order valence-corrected chi connectivity index (χ1v) is 7.65. The summed E-state index contributed by atoms with van der Waals surface area (Å²) in [5.41, 5.74) is 7.66. The van der Waals surface area contributed by atoms with Crippen LogP contribution in [-0.4, -0.2) is 36.7 Å². The Morgan fingerprint density at radius 2 is 1.95 bits per heavy atom. The van der Waals surface area contributed by atoms with Gasteiger partial charge in [0, 0.05) is 25.7 Å². The minimum Gasteiger partial charge on any atom is -0.373 e. The third-order valence-corrected chi connectivity index (χ3v) is 4.18. The van der Waals surface area contributed by atoms with Gasteiger partial charge in [0.05, 0.1) is 12.2 Å². The van der Waals surface area contributed by atoms with Crippen molar-refractivity contribution >= 4 is 10.8 Å². The molecule has 0 spiro atoms. The first-order valence-electron chi connectivity index (χ1n) is 7.65. The van der Waals surface area contributed by atoms with E-state index in [4.69, 9.17) is 10.5 Å². The maximum absolute atomic E-state index is 6.50. The van der Waals surface area contributed by atoms with Crippen LogP contribution in [0.2, 0.25) is 0 Å². The number of benzene rings is 2. The van der Waals surface area contributed by atoms with Gasteiger partial charge in [0.1, 0.15) is 0 Å². The molecule has 0 aromatic heterocycles. The molecule has 0 saturated carbocycles. The molecule has 3 nitrogen and oxygen atoms in total. The average molecular weight is 284 g/mol. The maximum Gasteiger partial charge on any atom is 0.0753 e. The van der Waals surface area contributed by atoms with Crippen LogP contribution < -0.4 is 5.73 Å². The zero-order valence-electron chi connectivity index (χ0n) is 12.9. The molecule has 112 valence electrons. The van der Waals surface area contributed by atoms with E-state index in [1.54, 1.807) is 0 Å². The van der Waals surface area contributed by atoms with Crippen LogP contribution in [0.1, 0.15) is 25.5 Å². The molecule has 1 atom stereocenters. The van der Waals surface area contributed by atoms with E-state index in [9.17, 15) is 0 Å². The Balaban J connectivity index is 1.79. The van der Waals surface area contributed by atoms with E-state index in [-0.39, 0.29) is 11.6 Å². The molecule has 1 fully saturated rings. The van der Waals surface area contributed by atoms with E-state index >= 15 is 0 Å². The van der Waals surface area contributed by atoms with Crippen LogP contribution in [0.25, 0.3) is 10.8 Å². The largest absolute Gasteiger partial charge is 0.373 e. The summed E-state index contributed by atoms with van der Waals surface area (Å²) < 4.78 is 5.77. The highest BCUT2D eigenvalue weighted by atomic mass is 16.5. The molecule has 1 unspecified atom stereocenters. The summed E-state index contributed by atoms with van der Waals surface area (Å²) in [5, 5.41) is 2.52. The van der Waals surface area contributed by atoms with Gasteiger partial charge in [-0.25, -0.2) is 0 Å². The zero-order chi connectivity index (χ0) is 14.9. The van der Waals surface area contributed by atoms with Gasteiger partial charge >= 0.3 is 0 Å². The van der Waals surface area contributed by atoms with Crippen LogP contribution in [0, 0.1) is 0 Å². The van der Waals surface area contributed by atoms with Gasteiger partial charge < -0.3 is 10.5 Å². The molecule has 1 aliphatic rings. The average Bonchev–Trinajstić information content (AvgIpc) is 2.45. The van der Waals surface area contributed by atoms with Gasteiger partial charge in [-0.3, -0.25) is 4.90 Å². The van der Waals surface area contributed by atoms with E-state index in [2.05, 4.69) is 61.2 Å². The Labute approximate surface area is 126 Å². The summed E-state index contributed by atoms with van der Waals surface area (Å²) in [6, 6.07) is 14.9. The molecular weight excluding hydrogens is 260 g/mol. The minimum absolute atomic E-state index is 0.0324. The van der Waals surface area contributed by atoms with E-state index in [0.717, 1.165) is 26.2 Å². The van der Waals surface area contributed by atoms with Crippen molar-refractivity contribution in [1.82, 2.24) is 4.90 Å². The van der Waals surface area contributed by atoms with Gasteiger partial charge in [-0.1, -0.05) is 42.5 Å². The fourth-order valence-corrected chi connectivity index (χ4v) is 3.22. The molecule has 3 heteroatoms. The van der Waals surface area contributed by atoms with Crippen molar-refractivity contribution in [1.29, 1.82) is 0 Å². The van der Waals surface area contributed by atoms with Crippen molar-refractivity contribution in [3.05, 3.63) is 48.0 Å². The van der Waals surface area contributed by atoms with Gasteiger partial charge in [0.15, 0.2) is 0 Å². The first kappa shape index (κ1) is 14.5. The van der Waals surface area contributed by atoms with Crippen molar-refractivity contribution in [3.63, 3.8) is 0 Å². The van der Waals surface area contributed by atoms with Crippen LogP contribution >= 0.6 is 0 Å². The van der Waals surface area contributed by atoms with Crippen molar-refractivity contribution in [2.45, 2.75) is 25.5 Å². The Morgan fingerprint density at radius 1 is 1.19 bits per heavy atom. The minimum atomic E-state index is -0.0727. The molecular formula is C18H24N2O. The Bertz CT molecular complexity index is 618. The molecule has 2 aromatic carbocycles. The number of morpholine rings is 1. The molecule has 3 rings (SSSR count). The van der Waals surface area contributed by atoms with Crippen LogP contribution in [0.3, 0.4) is 0 Å². The number of rotatable bonds is 3.